The SMILES string of the molecule is O=C(CN1CCC(C(=O)NCc2ccccc2)CC1)Nc1cccc(Cl)c1Cl. The van der Waals surface area contributed by atoms with E-state index in [1.165, 1.54) is 0 Å². The Morgan fingerprint density at radius 2 is 1.71 bits per heavy atom. The van der Waals surface area contributed by atoms with Gasteiger partial charge in [-0.15, -0.1) is 0 Å². The highest BCUT2D eigenvalue weighted by molar-refractivity contribution is 6.44. The Hall–Kier alpha value is -2.08. The molecule has 2 aromatic carbocycles. The van der Waals surface area contributed by atoms with Crippen LogP contribution in [0.4, 0.5) is 5.69 Å². The Labute approximate surface area is 175 Å². The number of carbonyl (C=O) groups excluding carboxylic acids is 2. The van der Waals surface area contributed by atoms with Crippen molar-refractivity contribution in [3.8, 4) is 0 Å². The van der Waals surface area contributed by atoms with Crippen LogP contribution in [0, 0.1) is 5.92 Å². The van der Waals surface area contributed by atoms with E-state index in [1.54, 1.807) is 18.2 Å². The fourth-order valence-corrected chi connectivity index (χ4v) is 3.62. The van der Waals surface area contributed by atoms with Crippen LogP contribution in [0.2, 0.25) is 10.0 Å². The third-order valence-corrected chi connectivity index (χ3v) is 5.68. The van der Waals surface area contributed by atoms with E-state index in [0.717, 1.165) is 18.4 Å². The molecule has 0 unspecified atom stereocenters. The van der Waals surface area contributed by atoms with Crippen LogP contribution in [0.25, 0.3) is 0 Å². The van der Waals surface area contributed by atoms with Gasteiger partial charge in [-0.25, -0.2) is 0 Å². The van der Waals surface area contributed by atoms with Crippen molar-refractivity contribution < 1.29 is 9.59 Å². The number of anilines is 1. The van der Waals surface area contributed by atoms with Gasteiger partial charge in [0.1, 0.15) is 0 Å². The molecule has 28 heavy (non-hydrogen) atoms. The molecule has 148 valence electrons. The van der Waals surface area contributed by atoms with Gasteiger partial charge in [-0.2, -0.15) is 0 Å². The Bertz CT molecular complexity index is 822. The Morgan fingerprint density at radius 1 is 1.00 bits per heavy atom. The maximum atomic E-state index is 12.4. The molecular formula is C21H23Cl2N3O2. The average molecular weight is 420 g/mol. The van der Waals surface area contributed by atoms with Crippen molar-refractivity contribution in [2.75, 3.05) is 25.0 Å². The number of benzene rings is 2. The van der Waals surface area contributed by atoms with Crippen molar-refractivity contribution >= 4 is 40.7 Å². The number of hydrogen-bond donors (Lipinski definition) is 2. The molecule has 1 aliphatic heterocycles. The quantitative estimate of drug-likeness (QED) is 0.744. The zero-order valence-corrected chi connectivity index (χ0v) is 17.0. The Kier molecular flexibility index (Phi) is 7.31. The highest BCUT2D eigenvalue weighted by Gasteiger charge is 2.25. The lowest BCUT2D eigenvalue weighted by atomic mass is 9.96. The summed E-state index contributed by atoms with van der Waals surface area (Å²) in [6.07, 6.45) is 1.48. The minimum atomic E-state index is -0.142. The molecule has 5 nitrogen and oxygen atoms in total. The maximum absolute atomic E-state index is 12.4. The largest absolute Gasteiger partial charge is 0.352 e. The van der Waals surface area contributed by atoms with E-state index < -0.39 is 0 Å². The van der Waals surface area contributed by atoms with Crippen molar-refractivity contribution in [1.29, 1.82) is 0 Å². The second-order valence-corrected chi connectivity index (χ2v) is 7.69. The third-order valence-electron chi connectivity index (χ3n) is 4.86. The molecule has 3 rings (SSSR count). The number of nitrogens with one attached hydrogen (secondary N) is 2. The fourth-order valence-electron chi connectivity index (χ4n) is 3.28. The van der Waals surface area contributed by atoms with Gasteiger partial charge in [0.25, 0.3) is 0 Å². The smallest absolute Gasteiger partial charge is 0.238 e. The van der Waals surface area contributed by atoms with Crippen LogP contribution < -0.4 is 10.6 Å². The molecule has 2 amide bonds. The number of piperidine rings is 1. The molecule has 0 atom stereocenters. The normalized spacial score (nSPS) is 15.2. The zero-order chi connectivity index (χ0) is 19.9. The molecule has 0 saturated carbocycles. The number of likely N-dealkylation sites (tertiary alicyclic amines) is 1. The highest BCUT2D eigenvalue weighted by Crippen LogP contribution is 2.29. The molecule has 7 heteroatoms. The van der Waals surface area contributed by atoms with Crippen molar-refractivity contribution in [2.24, 2.45) is 5.92 Å². The van der Waals surface area contributed by atoms with Gasteiger partial charge in [0.15, 0.2) is 0 Å². The minimum Gasteiger partial charge on any atom is -0.352 e. The molecule has 0 aromatic heterocycles. The molecule has 0 bridgehead atoms. The van der Waals surface area contributed by atoms with Crippen LogP contribution in [0.1, 0.15) is 18.4 Å². The Morgan fingerprint density at radius 3 is 2.43 bits per heavy atom. The number of halogens is 2. The van der Waals surface area contributed by atoms with E-state index in [-0.39, 0.29) is 24.3 Å². The van der Waals surface area contributed by atoms with Gasteiger partial charge in [-0.3, -0.25) is 14.5 Å². The van der Waals surface area contributed by atoms with Gasteiger partial charge >= 0.3 is 0 Å². The molecule has 1 aliphatic rings. The number of hydrogen-bond acceptors (Lipinski definition) is 3. The van der Waals surface area contributed by atoms with Crippen LogP contribution >= 0.6 is 23.2 Å². The van der Waals surface area contributed by atoms with Gasteiger partial charge < -0.3 is 10.6 Å². The molecule has 0 spiro atoms. The lowest BCUT2D eigenvalue weighted by Gasteiger charge is -2.30. The van der Waals surface area contributed by atoms with Crippen molar-refractivity contribution in [3.05, 3.63) is 64.1 Å². The van der Waals surface area contributed by atoms with Crippen LogP contribution in [-0.2, 0) is 16.1 Å². The summed E-state index contributed by atoms with van der Waals surface area (Å²) in [5.41, 5.74) is 1.60. The van der Waals surface area contributed by atoms with E-state index in [4.69, 9.17) is 23.2 Å². The minimum absolute atomic E-state index is 0.00889. The summed E-state index contributed by atoms with van der Waals surface area (Å²) in [6, 6.07) is 15.0. The molecule has 0 radical (unpaired) electrons. The predicted octanol–water partition coefficient (Wildman–Crippen LogP) is 3.96. The molecule has 1 saturated heterocycles. The summed E-state index contributed by atoms with van der Waals surface area (Å²) in [7, 11) is 0. The first kappa shape index (κ1) is 20.6. The van der Waals surface area contributed by atoms with Crippen LogP contribution in [0.3, 0.4) is 0 Å². The summed E-state index contributed by atoms with van der Waals surface area (Å²) >= 11 is 12.1. The third kappa shape index (κ3) is 5.71. The standard InChI is InChI=1S/C21H23Cl2N3O2/c22-17-7-4-8-18(20(17)23)25-19(27)14-26-11-9-16(10-12-26)21(28)24-13-15-5-2-1-3-6-15/h1-8,16H,9-14H2,(H,24,28)(H,25,27). The summed E-state index contributed by atoms with van der Waals surface area (Å²) in [6.45, 7) is 2.23. The number of nitrogens with zero attached hydrogens (tertiary/aromatic N) is 1. The van der Waals surface area contributed by atoms with Crippen LogP contribution in [-0.4, -0.2) is 36.3 Å². The van der Waals surface area contributed by atoms with Crippen LogP contribution in [0.15, 0.2) is 48.5 Å². The first-order valence-corrected chi connectivity index (χ1v) is 10.1. The summed E-state index contributed by atoms with van der Waals surface area (Å²) in [4.78, 5) is 26.7. The molecule has 1 heterocycles. The molecule has 0 aliphatic carbocycles. The zero-order valence-electron chi connectivity index (χ0n) is 15.5. The number of carbonyl (C=O) groups is 2. The number of amides is 2. The van der Waals surface area contributed by atoms with Crippen LogP contribution in [0.5, 0.6) is 0 Å². The summed E-state index contributed by atoms with van der Waals surface area (Å²) < 4.78 is 0. The monoisotopic (exact) mass is 419 g/mol. The first-order chi connectivity index (χ1) is 13.5. The molecule has 2 N–H and O–H groups in total. The van der Waals surface area contributed by atoms with Crippen molar-refractivity contribution in [2.45, 2.75) is 19.4 Å². The van der Waals surface area contributed by atoms with E-state index >= 15 is 0 Å². The lowest BCUT2D eigenvalue weighted by molar-refractivity contribution is -0.126. The average Bonchev–Trinajstić information content (AvgIpc) is 2.71. The van der Waals surface area contributed by atoms with Gasteiger partial charge in [-0.1, -0.05) is 59.6 Å². The second-order valence-electron chi connectivity index (χ2n) is 6.90. The molecule has 1 fully saturated rings. The number of rotatable bonds is 6. The maximum Gasteiger partial charge on any atom is 0.238 e. The first-order valence-electron chi connectivity index (χ1n) is 9.31. The van der Waals surface area contributed by atoms with Gasteiger partial charge in [-0.05, 0) is 43.6 Å². The van der Waals surface area contributed by atoms with Gasteiger partial charge in [0.2, 0.25) is 11.8 Å². The summed E-state index contributed by atoms with van der Waals surface area (Å²) in [5, 5.41) is 6.54. The predicted molar refractivity (Wildman–Crippen MR) is 113 cm³/mol. The van der Waals surface area contributed by atoms with E-state index in [2.05, 4.69) is 15.5 Å². The van der Waals surface area contributed by atoms with Crippen molar-refractivity contribution in [3.63, 3.8) is 0 Å². The fraction of sp³-hybridized carbons (Fsp3) is 0.333. The van der Waals surface area contributed by atoms with E-state index in [0.29, 0.717) is 35.4 Å². The van der Waals surface area contributed by atoms with E-state index in [9.17, 15) is 9.59 Å². The van der Waals surface area contributed by atoms with Gasteiger partial charge in [0.05, 0.1) is 22.3 Å². The van der Waals surface area contributed by atoms with Crippen molar-refractivity contribution in [1.82, 2.24) is 10.2 Å². The summed E-state index contributed by atoms with van der Waals surface area (Å²) in [5.74, 6) is -0.0693. The van der Waals surface area contributed by atoms with Gasteiger partial charge in [0, 0.05) is 12.5 Å². The molecule has 2 aromatic rings. The topological polar surface area (TPSA) is 61.4 Å². The lowest BCUT2D eigenvalue weighted by Crippen LogP contribution is -2.43. The second kappa shape index (κ2) is 9.92. The molecular weight excluding hydrogens is 397 g/mol. The highest BCUT2D eigenvalue weighted by atomic mass is 35.5. The Balaban J connectivity index is 1.41. The van der Waals surface area contributed by atoms with E-state index in [1.807, 2.05) is 30.3 Å².